The molecule has 0 spiro atoms. The molecule has 1 aromatic carbocycles. The first-order valence-corrected chi connectivity index (χ1v) is 13.0. The molecule has 0 aromatic heterocycles. The number of benzene rings is 1. The van der Waals surface area contributed by atoms with E-state index in [0.29, 0.717) is 11.6 Å². The van der Waals surface area contributed by atoms with Crippen molar-refractivity contribution in [3.63, 3.8) is 0 Å². The topological polar surface area (TPSA) is 75.8 Å². The standard InChI is InChI=1S/C20H35N3O2.C8H9Cl/c1-5-12-23(13-11-15(3)6-2)19(25)14-22-18-10-8-7-9-17(18)20(21)16(4)24;1-6-4-3-5-7(2)8(6)9/h15H,5-14,21H2,1-4H3;3-5H,1-2H3/b20-17-,22-18?;. The number of allylic oxidation sites excluding steroid dienone is 2. The maximum atomic E-state index is 12.6. The van der Waals surface area contributed by atoms with Crippen LogP contribution in [0.15, 0.2) is 34.5 Å². The highest BCUT2D eigenvalue weighted by Crippen LogP contribution is 2.23. The van der Waals surface area contributed by atoms with Crippen LogP contribution in [-0.2, 0) is 9.59 Å². The van der Waals surface area contributed by atoms with Crippen molar-refractivity contribution in [3.05, 3.63) is 45.6 Å². The molecule has 1 fully saturated rings. The maximum Gasteiger partial charge on any atom is 0.244 e. The van der Waals surface area contributed by atoms with E-state index in [1.54, 1.807) is 0 Å². The smallest absolute Gasteiger partial charge is 0.244 e. The molecule has 1 saturated carbocycles. The number of nitrogens with two attached hydrogens (primary N) is 1. The third-order valence-electron chi connectivity index (χ3n) is 6.37. The van der Waals surface area contributed by atoms with E-state index in [-0.39, 0.29) is 18.2 Å². The van der Waals surface area contributed by atoms with Gasteiger partial charge in [-0.05, 0) is 75.0 Å². The number of nitrogens with zero attached hydrogens (tertiary/aromatic N) is 2. The molecule has 2 N–H and O–H groups in total. The Morgan fingerprint density at radius 3 is 2.26 bits per heavy atom. The zero-order chi connectivity index (χ0) is 25.7. The van der Waals surface area contributed by atoms with Crippen LogP contribution in [0.3, 0.4) is 0 Å². The van der Waals surface area contributed by atoms with Crippen molar-refractivity contribution in [1.82, 2.24) is 4.90 Å². The summed E-state index contributed by atoms with van der Waals surface area (Å²) < 4.78 is 0. The molecule has 1 aliphatic carbocycles. The summed E-state index contributed by atoms with van der Waals surface area (Å²) in [7, 11) is 0. The van der Waals surface area contributed by atoms with E-state index >= 15 is 0 Å². The molecule has 34 heavy (non-hydrogen) atoms. The molecule has 0 heterocycles. The zero-order valence-electron chi connectivity index (χ0n) is 22.0. The lowest BCUT2D eigenvalue weighted by atomic mass is 9.90. The Labute approximate surface area is 211 Å². The Morgan fingerprint density at radius 1 is 1.12 bits per heavy atom. The van der Waals surface area contributed by atoms with Gasteiger partial charge in [0.25, 0.3) is 0 Å². The molecule has 2 rings (SSSR count). The number of hydrogen-bond donors (Lipinski definition) is 1. The highest BCUT2D eigenvalue weighted by Gasteiger charge is 2.20. The highest BCUT2D eigenvalue weighted by molar-refractivity contribution is 6.32. The molecule has 1 atom stereocenters. The predicted molar refractivity (Wildman–Crippen MR) is 145 cm³/mol. The number of aryl methyl sites for hydroxylation is 2. The number of amides is 1. The summed E-state index contributed by atoms with van der Waals surface area (Å²) >= 11 is 5.88. The maximum absolute atomic E-state index is 12.6. The van der Waals surface area contributed by atoms with Crippen molar-refractivity contribution < 1.29 is 9.59 Å². The van der Waals surface area contributed by atoms with Crippen molar-refractivity contribution in [2.75, 3.05) is 19.6 Å². The van der Waals surface area contributed by atoms with Crippen LogP contribution in [0.25, 0.3) is 0 Å². The highest BCUT2D eigenvalue weighted by atomic mass is 35.5. The molecule has 5 nitrogen and oxygen atoms in total. The summed E-state index contributed by atoms with van der Waals surface area (Å²) in [6, 6.07) is 6.03. The second kappa shape index (κ2) is 15.7. The van der Waals surface area contributed by atoms with E-state index < -0.39 is 0 Å². The SMILES string of the molecule is CCCN(CCC(C)CC)C(=O)CN=C1CCCC/C1=C(/N)C(C)=O.Cc1cccc(C)c1Cl. The van der Waals surface area contributed by atoms with Crippen LogP contribution < -0.4 is 5.73 Å². The van der Waals surface area contributed by atoms with Crippen molar-refractivity contribution >= 4 is 29.0 Å². The monoisotopic (exact) mass is 489 g/mol. The van der Waals surface area contributed by atoms with Gasteiger partial charge in [0, 0.05) is 30.7 Å². The zero-order valence-corrected chi connectivity index (χ0v) is 22.8. The van der Waals surface area contributed by atoms with Crippen molar-refractivity contribution in [2.45, 2.75) is 86.5 Å². The van der Waals surface area contributed by atoms with Gasteiger partial charge in [0.15, 0.2) is 5.78 Å². The quantitative estimate of drug-likeness (QED) is 0.406. The summed E-state index contributed by atoms with van der Waals surface area (Å²) in [5, 5.41) is 0.887. The number of carbonyl (C=O) groups is 2. The van der Waals surface area contributed by atoms with Gasteiger partial charge in [-0.1, -0.05) is 57.0 Å². The van der Waals surface area contributed by atoms with Gasteiger partial charge in [-0.25, -0.2) is 0 Å². The van der Waals surface area contributed by atoms with E-state index in [1.165, 1.54) is 6.92 Å². The van der Waals surface area contributed by atoms with Crippen LogP contribution >= 0.6 is 11.6 Å². The van der Waals surface area contributed by atoms with Crippen LogP contribution in [0.2, 0.25) is 5.02 Å². The molecule has 0 radical (unpaired) electrons. The molecular formula is C28H44ClN3O2. The number of Topliss-reactive ketones (excluding diaryl/α,β-unsaturated/α-hetero) is 1. The van der Waals surface area contributed by atoms with Gasteiger partial charge in [0.2, 0.25) is 5.91 Å². The molecule has 0 bridgehead atoms. The summed E-state index contributed by atoms with van der Waals surface area (Å²) in [6.45, 7) is 13.7. The molecule has 0 aliphatic heterocycles. The fraction of sp³-hybridized carbons (Fsp3) is 0.607. The minimum Gasteiger partial charge on any atom is -0.396 e. The summed E-state index contributed by atoms with van der Waals surface area (Å²) in [5.41, 5.74) is 10.3. The van der Waals surface area contributed by atoms with E-state index in [2.05, 4.69) is 25.8 Å². The number of halogens is 1. The lowest BCUT2D eigenvalue weighted by Gasteiger charge is -2.24. The van der Waals surface area contributed by atoms with Gasteiger partial charge < -0.3 is 10.6 Å². The van der Waals surface area contributed by atoms with Crippen molar-refractivity contribution in [3.8, 4) is 0 Å². The van der Waals surface area contributed by atoms with Crippen LogP contribution in [-0.4, -0.2) is 41.9 Å². The Morgan fingerprint density at radius 2 is 1.74 bits per heavy atom. The van der Waals surface area contributed by atoms with Crippen LogP contribution in [0.5, 0.6) is 0 Å². The second-order valence-corrected chi connectivity index (χ2v) is 9.69. The largest absolute Gasteiger partial charge is 0.396 e. The average molecular weight is 490 g/mol. The lowest BCUT2D eigenvalue weighted by molar-refractivity contribution is -0.129. The molecule has 1 unspecified atom stereocenters. The molecule has 190 valence electrons. The molecule has 6 heteroatoms. The average Bonchev–Trinajstić information content (AvgIpc) is 2.83. The van der Waals surface area contributed by atoms with Crippen LogP contribution in [0.4, 0.5) is 0 Å². The van der Waals surface area contributed by atoms with Gasteiger partial charge in [-0.3, -0.25) is 14.6 Å². The third-order valence-corrected chi connectivity index (χ3v) is 6.96. The van der Waals surface area contributed by atoms with Crippen LogP contribution in [0.1, 0.15) is 83.8 Å². The Balaban J connectivity index is 0.000000533. The number of hydrogen-bond acceptors (Lipinski definition) is 4. The minimum absolute atomic E-state index is 0.0731. The van der Waals surface area contributed by atoms with E-state index in [0.717, 1.165) is 85.5 Å². The van der Waals surface area contributed by atoms with E-state index in [4.69, 9.17) is 17.3 Å². The molecule has 1 aliphatic rings. The van der Waals surface area contributed by atoms with Gasteiger partial charge in [-0.2, -0.15) is 0 Å². The summed E-state index contributed by atoms with van der Waals surface area (Å²) in [4.78, 5) is 30.7. The molecule has 1 amide bonds. The fourth-order valence-electron chi connectivity index (χ4n) is 3.84. The van der Waals surface area contributed by atoms with Gasteiger partial charge in [0.1, 0.15) is 6.54 Å². The number of carbonyl (C=O) groups excluding carboxylic acids is 2. The van der Waals surface area contributed by atoms with E-state index in [1.807, 2.05) is 36.9 Å². The summed E-state index contributed by atoms with van der Waals surface area (Å²) in [6.07, 6.45) is 6.76. The van der Waals surface area contributed by atoms with Crippen molar-refractivity contribution in [1.29, 1.82) is 0 Å². The molecule has 0 saturated heterocycles. The van der Waals surface area contributed by atoms with E-state index in [9.17, 15) is 9.59 Å². The lowest BCUT2D eigenvalue weighted by Crippen LogP contribution is -2.35. The van der Waals surface area contributed by atoms with Gasteiger partial charge in [-0.15, -0.1) is 0 Å². The molecule has 1 aromatic rings. The normalized spacial score (nSPS) is 17.0. The first-order chi connectivity index (χ1) is 16.1. The minimum atomic E-state index is -0.114. The van der Waals surface area contributed by atoms with Gasteiger partial charge >= 0.3 is 0 Å². The van der Waals surface area contributed by atoms with Crippen molar-refractivity contribution in [2.24, 2.45) is 16.6 Å². The third kappa shape index (κ3) is 10.0. The first-order valence-electron chi connectivity index (χ1n) is 12.6. The number of aliphatic imine (C=N–C) groups is 1. The Kier molecular flexibility index (Phi) is 13.8. The Bertz CT molecular complexity index is 856. The second-order valence-electron chi connectivity index (χ2n) is 9.31. The fourth-order valence-corrected chi connectivity index (χ4v) is 3.96. The summed E-state index contributed by atoms with van der Waals surface area (Å²) in [5.74, 6) is 0.586. The number of rotatable bonds is 9. The molecular weight excluding hydrogens is 446 g/mol. The van der Waals surface area contributed by atoms with Gasteiger partial charge in [0.05, 0.1) is 5.70 Å². The first kappa shape index (κ1) is 29.9. The predicted octanol–water partition coefficient (Wildman–Crippen LogP) is 6.43. The number of ketones is 1. The Hall–Kier alpha value is -2.14. The van der Waals surface area contributed by atoms with Crippen LogP contribution in [0, 0.1) is 19.8 Å².